The van der Waals surface area contributed by atoms with E-state index in [2.05, 4.69) is 9.71 Å². The quantitative estimate of drug-likeness (QED) is 0.596. The molecule has 0 aromatic carbocycles. The molecule has 0 aliphatic carbocycles. The Labute approximate surface area is 70.5 Å². The highest BCUT2D eigenvalue weighted by Gasteiger charge is 2.12. The van der Waals surface area contributed by atoms with Crippen molar-refractivity contribution in [3.63, 3.8) is 0 Å². The third-order valence-electron chi connectivity index (χ3n) is 1.47. The zero-order valence-corrected chi connectivity index (χ0v) is 7.35. The van der Waals surface area contributed by atoms with Gasteiger partial charge in [0.1, 0.15) is 0 Å². The smallest absolute Gasteiger partial charge is 0.241 e. The minimum absolute atomic E-state index is 0.133. The summed E-state index contributed by atoms with van der Waals surface area (Å²) in [6, 6.07) is 1.38. The van der Waals surface area contributed by atoms with Crippen molar-refractivity contribution < 1.29 is 13.5 Å². The van der Waals surface area contributed by atoms with Gasteiger partial charge in [0.05, 0.1) is 11.5 Å². The minimum atomic E-state index is -3.38. The molecule has 0 atom stereocenters. The zero-order chi connectivity index (χ0) is 9.19. The molecule has 0 unspecified atom stereocenters. The molecule has 12 heavy (non-hydrogen) atoms. The Hall–Kier alpha value is -0.850. The molecular formula is C6H10N2O3S. The molecule has 68 valence electrons. The number of sulfonamides is 1. The molecular weight excluding hydrogens is 180 g/mol. The van der Waals surface area contributed by atoms with Crippen molar-refractivity contribution >= 4 is 10.0 Å². The summed E-state index contributed by atoms with van der Waals surface area (Å²) < 4.78 is 24.4. The van der Waals surface area contributed by atoms with Gasteiger partial charge >= 0.3 is 0 Å². The first kappa shape index (κ1) is 9.24. The van der Waals surface area contributed by atoms with Crippen LogP contribution in [-0.2, 0) is 16.6 Å². The maximum absolute atomic E-state index is 11.1. The molecule has 1 heterocycles. The molecule has 1 aromatic heterocycles. The average molecular weight is 190 g/mol. The summed E-state index contributed by atoms with van der Waals surface area (Å²) in [5.74, 6) is 0. The van der Waals surface area contributed by atoms with Crippen molar-refractivity contribution in [1.82, 2.24) is 9.71 Å². The first-order valence-electron chi connectivity index (χ1n) is 3.32. The van der Waals surface area contributed by atoms with Gasteiger partial charge in [-0.1, -0.05) is 0 Å². The molecule has 5 nitrogen and oxygen atoms in total. The topological polar surface area (TPSA) is 82.2 Å². The van der Waals surface area contributed by atoms with Crippen LogP contribution in [0, 0.1) is 0 Å². The van der Waals surface area contributed by atoms with E-state index >= 15 is 0 Å². The molecule has 0 radical (unpaired) electrons. The lowest BCUT2D eigenvalue weighted by Gasteiger charge is -1.95. The van der Waals surface area contributed by atoms with E-state index in [-0.39, 0.29) is 11.5 Å². The fourth-order valence-electron chi connectivity index (χ4n) is 0.783. The molecule has 0 saturated heterocycles. The first-order chi connectivity index (χ1) is 5.60. The second-order valence-corrected chi connectivity index (χ2v) is 4.11. The van der Waals surface area contributed by atoms with E-state index in [1.165, 1.54) is 19.3 Å². The van der Waals surface area contributed by atoms with Crippen LogP contribution in [-0.4, -0.2) is 25.6 Å². The van der Waals surface area contributed by atoms with E-state index in [9.17, 15) is 8.42 Å². The molecule has 6 heteroatoms. The van der Waals surface area contributed by atoms with Crippen LogP contribution < -0.4 is 4.72 Å². The Morgan fingerprint density at radius 1 is 1.67 bits per heavy atom. The lowest BCUT2D eigenvalue weighted by Crippen LogP contribution is -2.17. The van der Waals surface area contributed by atoms with Crippen LogP contribution in [0.2, 0.25) is 0 Å². The normalized spacial score (nSPS) is 11.8. The molecule has 0 spiro atoms. The molecule has 0 bridgehead atoms. The number of aliphatic hydroxyl groups excluding tert-OH is 1. The van der Waals surface area contributed by atoms with E-state index in [1.54, 1.807) is 0 Å². The molecule has 3 N–H and O–H groups in total. The Morgan fingerprint density at radius 3 is 2.75 bits per heavy atom. The maximum Gasteiger partial charge on any atom is 0.241 e. The fourth-order valence-corrected chi connectivity index (χ4v) is 1.53. The Bertz CT molecular complexity index is 355. The van der Waals surface area contributed by atoms with Crippen LogP contribution in [0.15, 0.2) is 17.2 Å². The van der Waals surface area contributed by atoms with Crippen LogP contribution in [0.4, 0.5) is 0 Å². The lowest BCUT2D eigenvalue weighted by molar-refractivity contribution is 0.277. The summed E-state index contributed by atoms with van der Waals surface area (Å²) in [5, 5.41) is 8.64. The molecule has 0 fully saturated rings. The molecule has 0 amide bonds. The van der Waals surface area contributed by atoms with E-state index in [1.807, 2.05) is 0 Å². The predicted octanol–water partition coefficient (Wildman–Crippen LogP) is -0.585. The van der Waals surface area contributed by atoms with Gasteiger partial charge in [-0.15, -0.1) is 0 Å². The van der Waals surface area contributed by atoms with Crippen molar-refractivity contribution in [1.29, 1.82) is 0 Å². The Balaban J connectivity index is 3.05. The lowest BCUT2D eigenvalue weighted by atomic mass is 10.5. The maximum atomic E-state index is 11.1. The summed E-state index contributed by atoms with van der Waals surface area (Å²) in [7, 11) is -2.05. The van der Waals surface area contributed by atoms with Gasteiger partial charge in [0.15, 0.2) is 0 Å². The molecule has 0 aliphatic rings. The van der Waals surface area contributed by atoms with Gasteiger partial charge < -0.3 is 10.1 Å². The van der Waals surface area contributed by atoms with Crippen molar-refractivity contribution in [2.75, 3.05) is 7.05 Å². The number of H-pyrrole nitrogens is 1. The SMILES string of the molecule is CNS(=O)(=O)c1c[nH]c(CO)c1. The first-order valence-corrected chi connectivity index (χ1v) is 4.80. The fraction of sp³-hybridized carbons (Fsp3) is 0.333. The molecule has 0 aliphatic heterocycles. The summed E-state index contributed by atoms with van der Waals surface area (Å²) in [4.78, 5) is 2.76. The van der Waals surface area contributed by atoms with Crippen molar-refractivity contribution in [3.8, 4) is 0 Å². The zero-order valence-electron chi connectivity index (χ0n) is 6.53. The number of rotatable bonds is 3. The van der Waals surface area contributed by atoms with Crippen LogP contribution in [0.5, 0.6) is 0 Å². The number of aromatic amines is 1. The van der Waals surface area contributed by atoms with Crippen LogP contribution in [0.25, 0.3) is 0 Å². The average Bonchev–Trinajstić information content (AvgIpc) is 2.52. The van der Waals surface area contributed by atoms with E-state index in [0.717, 1.165) is 0 Å². The van der Waals surface area contributed by atoms with Crippen molar-refractivity contribution in [2.24, 2.45) is 0 Å². The van der Waals surface area contributed by atoms with E-state index < -0.39 is 10.0 Å². The van der Waals surface area contributed by atoms with Gasteiger partial charge in [0.2, 0.25) is 10.0 Å². The van der Waals surface area contributed by atoms with Gasteiger partial charge in [-0.25, -0.2) is 13.1 Å². The molecule has 1 aromatic rings. The summed E-state index contributed by atoms with van der Waals surface area (Å²) in [6.45, 7) is -0.195. The van der Waals surface area contributed by atoms with E-state index in [4.69, 9.17) is 5.11 Å². The second-order valence-electron chi connectivity index (χ2n) is 2.23. The van der Waals surface area contributed by atoms with Crippen LogP contribution >= 0.6 is 0 Å². The molecule has 0 saturated carbocycles. The Morgan fingerprint density at radius 2 is 2.33 bits per heavy atom. The monoisotopic (exact) mass is 190 g/mol. The third kappa shape index (κ3) is 1.66. The summed E-state index contributed by atoms with van der Waals surface area (Å²) in [5.41, 5.74) is 0.476. The largest absolute Gasteiger partial charge is 0.390 e. The number of nitrogens with one attached hydrogen (secondary N) is 2. The summed E-state index contributed by atoms with van der Waals surface area (Å²) >= 11 is 0. The van der Waals surface area contributed by atoms with Gasteiger partial charge in [-0.2, -0.15) is 0 Å². The van der Waals surface area contributed by atoms with Gasteiger partial charge in [-0.3, -0.25) is 0 Å². The van der Waals surface area contributed by atoms with E-state index in [0.29, 0.717) is 5.69 Å². The second kappa shape index (κ2) is 3.26. The summed E-state index contributed by atoms with van der Waals surface area (Å²) in [6.07, 6.45) is 1.33. The predicted molar refractivity (Wildman–Crippen MR) is 43.0 cm³/mol. The highest BCUT2D eigenvalue weighted by molar-refractivity contribution is 7.89. The highest BCUT2D eigenvalue weighted by atomic mass is 32.2. The number of aromatic nitrogens is 1. The van der Waals surface area contributed by atoms with Gasteiger partial charge in [-0.05, 0) is 13.1 Å². The van der Waals surface area contributed by atoms with Crippen molar-refractivity contribution in [3.05, 3.63) is 18.0 Å². The van der Waals surface area contributed by atoms with Gasteiger partial charge in [0.25, 0.3) is 0 Å². The minimum Gasteiger partial charge on any atom is -0.390 e. The highest BCUT2D eigenvalue weighted by Crippen LogP contribution is 2.09. The Kier molecular flexibility index (Phi) is 2.51. The molecule has 1 rings (SSSR count). The number of hydrogen-bond donors (Lipinski definition) is 3. The van der Waals surface area contributed by atoms with Gasteiger partial charge in [0, 0.05) is 11.9 Å². The number of aliphatic hydroxyl groups is 1. The standard InChI is InChI=1S/C6H10N2O3S/c1-7-12(10,11)6-2-5(4-9)8-3-6/h2-3,7-9H,4H2,1H3. The van der Waals surface area contributed by atoms with Crippen LogP contribution in [0.1, 0.15) is 5.69 Å². The van der Waals surface area contributed by atoms with Crippen molar-refractivity contribution in [2.45, 2.75) is 11.5 Å². The number of hydrogen-bond acceptors (Lipinski definition) is 3. The third-order valence-corrected chi connectivity index (χ3v) is 2.86. The van der Waals surface area contributed by atoms with Crippen LogP contribution in [0.3, 0.4) is 0 Å².